The molecule has 0 atom stereocenters. The number of benzene rings is 1. The molecule has 0 saturated carbocycles. The van der Waals surface area contributed by atoms with Gasteiger partial charge in [0, 0.05) is 12.4 Å². The van der Waals surface area contributed by atoms with Gasteiger partial charge in [0.2, 0.25) is 0 Å². The van der Waals surface area contributed by atoms with E-state index >= 15 is 0 Å². The predicted molar refractivity (Wildman–Crippen MR) is 70.8 cm³/mol. The van der Waals surface area contributed by atoms with Crippen molar-refractivity contribution in [2.45, 2.75) is 13.5 Å². The average Bonchev–Trinajstić information content (AvgIpc) is 2.75. The Morgan fingerprint density at radius 3 is 3.11 bits per heavy atom. The highest BCUT2D eigenvalue weighted by Gasteiger charge is 2.03. The predicted octanol–water partition coefficient (Wildman–Crippen LogP) is 1.05. The lowest BCUT2D eigenvalue weighted by atomic mass is 10.2. The van der Waals surface area contributed by atoms with Crippen LogP contribution in [0.4, 0.5) is 0 Å². The molecule has 0 unspecified atom stereocenters. The Morgan fingerprint density at radius 2 is 2.42 bits per heavy atom. The van der Waals surface area contributed by atoms with E-state index in [4.69, 9.17) is 0 Å². The summed E-state index contributed by atoms with van der Waals surface area (Å²) in [5, 5.41) is 13.1. The highest BCUT2D eigenvalue weighted by Crippen LogP contribution is 2.08. The highest BCUT2D eigenvalue weighted by molar-refractivity contribution is 5.82. The van der Waals surface area contributed by atoms with E-state index in [1.54, 1.807) is 41.2 Å². The molecule has 98 valence electrons. The van der Waals surface area contributed by atoms with Gasteiger partial charge in [0.05, 0.1) is 6.21 Å². The van der Waals surface area contributed by atoms with Gasteiger partial charge < -0.3 is 9.67 Å². The van der Waals surface area contributed by atoms with Crippen LogP contribution in [0.25, 0.3) is 0 Å². The molecular weight excluding hydrogens is 244 g/mol. The number of hydrazone groups is 1. The first-order chi connectivity index (χ1) is 9.15. The number of phenolic OH excluding ortho intramolecular Hbond substituents is 1. The average molecular weight is 258 g/mol. The van der Waals surface area contributed by atoms with E-state index in [-0.39, 0.29) is 18.2 Å². The van der Waals surface area contributed by atoms with Crippen molar-refractivity contribution in [3.05, 3.63) is 48.0 Å². The first kappa shape index (κ1) is 12.8. The number of aryl methyl sites for hydroxylation is 1. The van der Waals surface area contributed by atoms with Crippen LogP contribution >= 0.6 is 0 Å². The number of carbonyl (C=O) groups excluding carboxylic acids is 1. The Morgan fingerprint density at radius 1 is 1.58 bits per heavy atom. The van der Waals surface area contributed by atoms with Gasteiger partial charge in [-0.3, -0.25) is 4.79 Å². The number of nitrogens with zero attached hydrogens (tertiary/aromatic N) is 3. The Bertz CT molecular complexity index is 604. The molecule has 0 aliphatic heterocycles. The fraction of sp³-hybridized carbons (Fsp3) is 0.154. The summed E-state index contributed by atoms with van der Waals surface area (Å²) in [4.78, 5) is 15.6. The normalized spacial score (nSPS) is 10.8. The van der Waals surface area contributed by atoms with E-state index in [0.29, 0.717) is 5.56 Å². The summed E-state index contributed by atoms with van der Waals surface area (Å²) >= 11 is 0. The van der Waals surface area contributed by atoms with Gasteiger partial charge in [-0.1, -0.05) is 12.1 Å². The maximum absolute atomic E-state index is 11.6. The largest absolute Gasteiger partial charge is 0.508 e. The fourth-order valence-electron chi connectivity index (χ4n) is 1.54. The molecule has 1 aromatic carbocycles. The molecule has 2 aromatic rings. The minimum absolute atomic E-state index is 0.157. The van der Waals surface area contributed by atoms with E-state index in [1.165, 1.54) is 6.21 Å². The topological polar surface area (TPSA) is 79.5 Å². The third-order valence-corrected chi connectivity index (χ3v) is 2.51. The number of nitrogens with one attached hydrogen (secondary N) is 1. The van der Waals surface area contributed by atoms with Crippen molar-refractivity contribution in [3.8, 4) is 5.75 Å². The van der Waals surface area contributed by atoms with E-state index in [9.17, 15) is 9.90 Å². The molecule has 6 nitrogen and oxygen atoms in total. The van der Waals surface area contributed by atoms with Crippen LogP contribution < -0.4 is 5.43 Å². The zero-order valence-corrected chi connectivity index (χ0v) is 10.4. The number of aromatic hydroxyl groups is 1. The molecule has 2 rings (SSSR count). The SMILES string of the molecule is Cc1nccn1CC(=O)NN=Cc1cccc(O)c1. The Hall–Kier alpha value is -2.63. The summed E-state index contributed by atoms with van der Waals surface area (Å²) in [6.07, 6.45) is 4.84. The maximum Gasteiger partial charge on any atom is 0.260 e. The summed E-state index contributed by atoms with van der Waals surface area (Å²) in [5.74, 6) is 0.689. The van der Waals surface area contributed by atoms with Crippen molar-refractivity contribution in [3.63, 3.8) is 0 Å². The minimum Gasteiger partial charge on any atom is -0.508 e. The minimum atomic E-state index is -0.238. The van der Waals surface area contributed by atoms with Crippen molar-refractivity contribution in [1.82, 2.24) is 15.0 Å². The summed E-state index contributed by atoms with van der Waals surface area (Å²) in [7, 11) is 0. The molecule has 1 heterocycles. The molecule has 0 aliphatic rings. The number of phenols is 1. The van der Waals surface area contributed by atoms with E-state index < -0.39 is 0 Å². The van der Waals surface area contributed by atoms with Crippen LogP contribution in [0.1, 0.15) is 11.4 Å². The zero-order chi connectivity index (χ0) is 13.7. The first-order valence-corrected chi connectivity index (χ1v) is 5.74. The van der Waals surface area contributed by atoms with Gasteiger partial charge >= 0.3 is 0 Å². The van der Waals surface area contributed by atoms with Gasteiger partial charge in [-0.2, -0.15) is 5.10 Å². The van der Waals surface area contributed by atoms with Crippen LogP contribution in [-0.4, -0.2) is 26.8 Å². The maximum atomic E-state index is 11.6. The van der Waals surface area contributed by atoms with Crippen LogP contribution in [0.3, 0.4) is 0 Å². The lowest BCUT2D eigenvalue weighted by Crippen LogP contribution is -2.23. The number of hydrogen-bond donors (Lipinski definition) is 2. The molecule has 0 bridgehead atoms. The van der Waals surface area contributed by atoms with Crippen molar-refractivity contribution < 1.29 is 9.90 Å². The van der Waals surface area contributed by atoms with Gasteiger partial charge in [0.1, 0.15) is 18.1 Å². The van der Waals surface area contributed by atoms with Crippen molar-refractivity contribution in [1.29, 1.82) is 0 Å². The molecule has 0 spiro atoms. The van der Waals surface area contributed by atoms with Crippen LogP contribution in [-0.2, 0) is 11.3 Å². The monoisotopic (exact) mass is 258 g/mol. The van der Waals surface area contributed by atoms with Crippen molar-refractivity contribution >= 4 is 12.1 Å². The number of rotatable bonds is 4. The second-order valence-corrected chi connectivity index (χ2v) is 3.99. The molecule has 19 heavy (non-hydrogen) atoms. The van der Waals surface area contributed by atoms with Gasteiger partial charge in [-0.15, -0.1) is 0 Å². The molecule has 0 fully saturated rings. The standard InChI is InChI=1S/C13H14N4O2/c1-10-14-5-6-17(10)9-13(19)16-15-8-11-3-2-4-12(18)7-11/h2-8,18H,9H2,1H3,(H,16,19). The number of imidazole rings is 1. The Balaban J connectivity index is 1.88. The molecule has 1 amide bonds. The van der Waals surface area contributed by atoms with Crippen LogP contribution in [0.2, 0.25) is 0 Å². The summed E-state index contributed by atoms with van der Waals surface area (Å²) in [5.41, 5.74) is 3.12. The lowest BCUT2D eigenvalue weighted by Gasteiger charge is -2.02. The fourth-order valence-corrected chi connectivity index (χ4v) is 1.54. The molecule has 0 radical (unpaired) electrons. The number of amides is 1. The highest BCUT2D eigenvalue weighted by atomic mass is 16.3. The van der Waals surface area contributed by atoms with Crippen LogP contribution in [0.15, 0.2) is 41.8 Å². The smallest absolute Gasteiger partial charge is 0.260 e. The van der Waals surface area contributed by atoms with Crippen LogP contribution in [0, 0.1) is 6.92 Å². The van der Waals surface area contributed by atoms with Gasteiger partial charge in [0.25, 0.3) is 5.91 Å². The van der Waals surface area contributed by atoms with E-state index in [0.717, 1.165) is 5.82 Å². The third-order valence-electron chi connectivity index (χ3n) is 2.51. The molecule has 1 aromatic heterocycles. The van der Waals surface area contributed by atoms with Crippen molar-refractivity contribution in [2.24, 2.45) is 5.10 Å². The number of hydrogen-bond acceptors (Lipinski definition) is 4. The Labute approximate surface area is 110 Å². The lowest BCUT2D eigenvalue weighted by molar-refractivity contribution is -0.121. The van der Waals surface area contributed by atoms with Crippen LogP contribution in [0.5, 0.6) is 5.75 Å². The molecule has 0 aliphatic carbocycles. The van der Waals surface area contributed by atoms with Gasteiger partial charge in [-0.25, -0.2) is 10.4 Å². The van der Waals surface area contributed by atoms with Gasteiger partial charge in [-0.05, 0) is 24.6 Å². The number of aromatic nitrogens is 2. The molecular formula is C13H14N4O2. The quantitative estimate of drug-likeness (QED) is 0.635. The van der Waals surface area contributed by atoms with Crippen molar-refractivity contribution in [2.75, 3.05) is 0 Å². The second kappa shape index (κ2) is 5.81. The first-order valence-electron chi connectivity index (χ1n) is 5.74. The summed E-state index contributed by atoms with van der Waals surface area (Å²) in [6.45, 7) is 1.99. The van der Waals surface area contributed by atoms with Gasteiger partial charge in [0.15, 0.2) is 0 Å². The molecule has 0 saturated heterocycles. The third kappa shape index (κ3) is 3.67. The summed E-state index contributed by atoms with van der Waals surface area (Å²) < 4.78 is 1.72. The Kier molecular flexibility index (Phi) is 3.92. The molecule has 6 heteroatoms. The van der Waals surface area contributed by atoms with E-state index in [1.807, 2.05) is 6.92 Å². The summed E-state index contributed by atoms with van der Waals surface area (Å²) in [6, 6.07) is 6.59. The van der Waals surface area contributed by atoms with E-state index in [2.05, 4.69) is 15.5 Å². The number of carbonyl (C=O) groups is 1. The second-order valence-electron chi connectivity index (χ2n) is 3.99. The zero-order valence-electron chi connectivity index (χ0n) is 10.4. The molecule has 2 N–H and O–H groups in total.